The Morgan fingerprint density at radius 2 is 1.47 bits per heavy atom. The lowest BCUT2D eigenvalue weighted by Crippen LogP contribution is -2.27. The molecule has 4 rings (SSSR count). The Kier molecular flexibility index (Phi) is 14.3. The fourth-order valence-electron chi connectivity index (χ4n) is 3.95. The van der Waals surface area contributed by atoms with Crippen LogP contribution < -0.4 is 10.2 Å². The molecule has 0 saturated heterocycles. The lowest BCUT2D eigenvalue weighted by atomic mass is 9.92. The molecule has 1 N–H and O–H groups in total. The normalized spacial score (nSPS) is 10.4. The molecule has 0 aliphatic rings. The number of anilines is 2. The molecule has 1 heterocycles. The molecule has 4 aromatic rings. The number of carbonyl (C=O) groups is 1. The first-order valence-corrected chi connectivity index (χ1v) is 15.0. The highest BCUT2D eigenvalue weighted by Crippen LogP contribution is 2.33. The van der Waals surface area contributed by atoms with Gasteiger partial charge in [-0.15, -0.1) is 23.2 Å². The van der Waals surface area contributed by atoms with Gasteiger partial charge in [0.05, 0.1) is 16.7 Å². The lowest BCUT2D eigenvalue weighted by molar-refractivity contribution is -0.191. The van der Waals surface area contributed by atoms with Crippen LogP contribution in [0.4, 0.5) is 11.5 Å². The van der Waals surface area contributed by atoms with Gasteiger partial charge in [-0.25, -0.2) is 4.68 Å². The van der Waals surface area contributed by atoms with Crippen molar-refractivity contribution in [3.63, 3.8) is 0 Å². The van der Waals surface area contributed by atoms with Gasteiger partial charge < -0.3 is 10.2 Å². The summed E-state index contributed by atoms with van der Waals surface area (Å²) < 4.78 is 1.90. The Hall–Kier alpha value is -3.32. The van der Waals surface area contributed by atoms with Gasteiger partial charge in [0.15, 0.2) is 0 Å². The smallest absolute Gasteiger partial charge is 0.352 e. The van der Waals surface area contributed by atoms with Crippen LogP contribution in [0.2, 0.25) is 10.0 Å². The molecule has 228 valence electrons. The second kappa shape index (κ2) is 17.1. The van der Waals surface area contributed by atoms with Crippen molar-refractivity contribution in [3.8, 4) is 16.9 Å². The zero-order chi connectivity index (χ0) is 32.2. The van der Waals surface area contributed by atoms with E-state index in [1.807, 2.05) is 71.2 Å². The first-order chi connectivity index (χ1) is 20.3. The quantitative estimate of drug-likeness (QED) is 0.200. The van der Waals surface area contributed by atoms with Gasteiger partial charge in [0.2, 0.25) is 0 Å². The number of halogens is 4. The minimum Gasteiger partial charge on any atom is -0.352 e. The highest BCUT2D eigenvalue weighted by Gasteiger charge is 2.18. The predicted molar refractivity (Wildman–Crippen MR) is 176 cm³/mol. The Morgan fingerprint density at radius 3 is 1.98 bits per heavy atom. The monoisotopic (exact) mass is 662 g/mol. The van der Waals surface area contributed by atoms with Gasteiger partial charge in [0, 0.05) is 46.5 Å². The Morgan fingerprint density at radius 1 is 0.930 bits per heavy atom. The molecule has 0 fully saturated rings. The van der Waals surface area contributed by atoms with Crippen LogP contribution >= 0.6 is 46.4 Å². The molecule has 0 aliphatic heterocycles. The average Bonchev–Trinajstić information content (AvgIpc) is 3.38. The van der Waals surface area contributed by atoms with Crippen LogP contribution in [0.25, 0.3) is 16.9 Å². The van der Waals surface area contributed by atoms with Crippen molar-refractivity contribution in [2.24, 2.45) is 5.41 Å². The van der Waals surface area contributed by atoms with Gasteiger partial charge in [0.25, 0.3) is 5.91 Å². The molecule has 3 aromatic carbocycles. The molecule has 0 bridgehead atoms. The molecule has 0 aliphatic carbocycles. The van der Waals surface area contributed by atoms with Crippen LogP contribution in [-0.2, 0) is 9.59 Å². The zero-order valence-corrected chi connectivity index (χ0v) is 27.7. The van der Waals surface area contributed by atoms with Crippen LogP contribution in [0.1, 0.15) is 43.1 Å². The van der Waals surface area contributed by atoms with E-state index in [1.165, 1.54) is 5.56 Å². The van der Waals surface area contributed by atoms with Gasteiger partial charge in [-0.3, -0.25) is 4.79 Å². The molecule has 0 saturated carbocycles. The summed E-state index contributed by atoms with van der Waals surface area (Å²) >= 11 is 22.1. The van der Waals surface area contributed by atoms with Gasteiger partial charge >= 0.3 is 6.15 Å². The molecule has 1 aromatic heterocycles. The number of amides is 1. The van der Waals surface area contributed by atoms with Crippen molar-refractivity contribution in [1.29, 1.82) is 0 Å². The molecule has 11 heteroatoms. The van der Waals surface area contributed by atoms with Gasteiger partial charge in [-0.2, -0.15) is 14.7 Å². The third-order valence-electron chi connectivity index (χ3n) is 6.15. The van der Waals surface area contributed by atoms with Crippen molar-refractivity contribution >= 4 is 70.0 Å². The molecular formula is C32H34Cl4N4O3. The van der Waals surface area contributed by atoms with E-state index in [2.05, 4.69) is 45.1 Å². The average molecular weight is 664 g/mol. The maximum absolute atomic E-state index is 12.6. The highest BCUT2D eigenvalue weighted by atomic mass is 35.5. The molecule has 0 spiro atoms. The minimum absolute atomic E-state index is 0.0664. The number of nitrogens with one attached hydrogen (secondary N) is 1. The number of nitrogens with zero attached hydrogens (tertiary/aromatic N) is 3. The third-order valence-corrected chi connectivity index (χ3v) is 6.58. The summed E-state index contributed by atoms with van der Waals surface area (Å²) in [5.74, 6) is 0.792. The summed E-state index contributed by atoms with van der Waals surface area (Å²) in [6.07, 6.45) is 1.17. The van der Waals surface area contributed by atoms with E-state index < -0.39 is 0 Å². The van der Waals surface area contributed by atoms with Crippen molar-refractivity contribution in [3.05, 3.63) is 94.0 Å². The van der Waals surface area contributed by atoms with Crippen LogP contribution in [0.5, 0.6) is 0 Å². The fourth-order valence-corrected chi connectivity index (χ4v) is 4.48. The number of hydrogen-bond donors (Lipinski definition) is 1. The first-order valence-electron chi connectivity index (χ1n) is 13.2. The van der Waals surface area contributed by atoms with Crippen molar-refractivity contribution in [1.82, 2.24) is 15.1 Å². The summed E-state index contributed by atoms with van der Waals surface area (Å²) in [6, 6.07) is 23.2. The summed E-state index contributed by atoms with van der Waals surface area (Å²) in [5.41, 5.74) is 5.42. The Balaban J connectivity index is 0.000000992. The van der Waals surface area contributed by atoms with Gasteiger partial charge in [-0.05, 0) is 73.4 Å². The predicted octanol–water partition coefficient (Wildman–Crippen LogP) is 8.93. The highest BCUT2D eigenvalue weighted by molar-refractivity contribution is 6.40. The van der Waals surface area contributed by atoms with E-state index in [1.54, 1.807) is 6.07 Å². The molecule has 1 amide bonds. The fraction of sp³-hybridized carbons (Fsp3) is 0.281. The standard InChI is InChI=1S/C30H32Cl2N4O.CH2Cl2.CO2/c1-20-6-10-26(11-7-20)36-28(19-27(34-36)22-16-23(31)18-24(32)17-22)35(5)25-12-8-21(9-13-25)29(37)33-15-14-30(2,3)4;2*2-1-3/h6-13,16-19H,14-15H2,1-5H3,(H,33,37);1H2;. The van der Waals surface area contributed by atoms with E-state index in [0.29, 0.717) is 22.2 Å². The third kappa shape index (κ3) is 11.4. The van der Waals surface area contributed by atoms with E-state index >= 15 is 0 Å². The number of benzene rings is 3. The SMILES string of the molecule is Cc1ccc(-n2nc(-c3cc(Cl)cc(Cl)c3)cc2N(C)c2ccc(C(=O)NCCC(C)(C)C)cc2)cc1.ClCCl.O=C=O. The first kappa shape index (κ1) is 35.9. The topological polar surface area (TPSA) is 84.3 Å². The van der Waals surface area contributed by atoms with E-state index in [9.17, 15) is 4.79 Å². The van der Waals surface area contributed by atoms with Crippen LogP contribution in [0.15, 0.2) is 72.8 Å². The van der Waals surface area contributed by atoms with Crippen LogP contribution in [-0.4, -0.2) is 40.8 Å². The van der Waals surface area contributed by atoms with Crippen molar-refractivity contribution in [2.45, 2.75) is 34.1 Å². The maximum atomic E-state index is 12.6. The largest absolute Gasteiger partial charge is 0.373 e. The maximum Gasteiger partial charge on any atom is 0.373 e. The summed E-state index contributed by atoms with van der Waals surface area (Å²) in [5, 5.41) is 9.22. The second-order valence-corrected chi connectivity index (χ2v) is 12.3. The van der Waals surface area contributed by atoms with Crippen molar-refractivity contribution in [2.75, 3.05) is 23.8 Å². The Labute approximate surface area is 272 Å². The molecule has 7 nitrogen and oxygen atoms in total. The lowest BCUT2D eigenvalue weighted by Gasteiger charge is -2.21. The molecule has 0 radical (unpaired) electrons. The van der Waals surface area contributed by atoms with E-state index in [-0.39, 0.29) is 22.8 Å². The van der Waals surface area contributed by atoms with Gasteiger partial charge in [0.1, 0.15) is 5.82 Å². The summed E-state index contributed by atoms with van der Waals surface area (Å²) in [7, 11) is 1.98. The number of rotatable bonds is 7. The van der Waals surface area contributed by atoms with Crippen LogP contribution in [0, 0.1) is 12.3 Å². The summed E-state index contributed by atoms with van der Waals surface area (Å²) in [4.78, 5) is 30.9. The number of aromatic nitrogens is 2. The van der Waals surface area contributed by atoms with E-state index in [0.717, 1.165) is 34.9 Å². The Bertz CT molecular complexity index is 1490. The second-order valence-electron chi connectivity index (χ2n) is 10.7. The number of carbonyl (C=O) groups excluding carboxylic acids is 3. The number of alkyl halides is 2. The number of hydrogen-bond acceptors (Lipinski definition) is 5. The minimum atomic E-state index is -0.0664. The zero-order valence-electron chi connectivity index (χ0n) is 24.6. The molecule has 0 atom stereocenters. The molecular weight excluding hydrogens is 630 g/mol. The van der Waals surface area contributed by atoms with Crippen LogP contribution in [0.3, 0.4) is 0 Å². The summed E-state index contributed by atoms with van der Waals surface area (Å²) in [6.45, 7) is 9.20. The van der Waals surface area contributed by atoms with E-state index in [4.69, 9.17) is 61.1 Å². The molecule has 0 unspecified atom stereocenters. The van der Waals surface area contributed by atoms with Crippen molar-refractivity contribution < 1.29 is 14.4 Å². The van der Waals surface area contributed by atoms with Gasteiger partial charge in [-0.1, -0.05) is 61.7 Å². The number of aryl methyl sites for hydroxylation is 1. The molecule has 43 heavy (non-hydrogen) atoms.